The molecule has 0 saturated carbocycles. The second-order valence-electron chi connectivity index (χ2n) is 4.36. The summed E-state index contributed by atoms with van der Waals surface area (Å²) in [5, 5.41) is 0. The highest BCUT2D eigenvalue weighted by atomic mass is 19.1. The van der Waals surface area contributed by atoms with E-state index in [0.29, 0.717) is 11.3 Å². The third kappa shape index (κ3) is 2.68. The molecule has 2 aromatic rings. The van der Waals surface area contributed by atoms with E-state index in [2.05, 4.69) is 0 Å². The van der Waals surface area contributed by atoms with Crippen LogP contribution in [-0.4, -0.2) is 0 Å². The Morgan fingerprint density at radius 2 is 1.78 bits per heavy atom. The lowest BCUT2D eigenvalue weighted by Crippen LogP contribution is -2.01. The Bertz CT molecular complexity index is 546. The lowest BCUT2D eigenvalue weighted by molar-refractivity contribution is 0.436. The van der Waals surface area contributed by atoms with E-state index in [4.69, 9.17) is 10.5 Å². The number of para-hydroxylation sites is 1. The van der Waals surface area contributed by atoms with E-state index in [1.54, 1.807) is 12.1 Å². The molecule has 3 heteroatoms. The second-order valence-corrected chi connectivity index (χ2v) is 4.36. The van der Waals surface area contributed by atoms with E-state index in [-0.39, 0.29) is 12.3 Å². The Balaban J connectivity index is 2.39. The van der Waals surface area contributed by atoms with Crippen molar-refractivity contribution >= 4 is 0 Å². The molecule has 2 aromatic carbocycles. The molecule has 0 fully saturated rings. The monoisotopic (exact) mass is 245 g/mol. The van der Waals surface area contributed by atoms with E-state index in [1.165, 1.54) is 6.07 Å². The summed E-state index contributed by atoms with van der Waals surface area (Å²) in [5.41, 5.74) is 8.41. The lowest BCUT2D eigenvalue weighted by Gasteiger charge is -2.12. The quantitative estimate of drug-likeness (QED) is 0.895. The van der Waals surface area contributed by atoms with Crippen molar-refractivity contribution in [2.45, 2.75) is 20.4 Å². The van der Waals surface area contributed by atoms with Crippen LogP contribution in [0.5, 0.6) is 11.5 Å². The number of aryl methyl sites for hydroxylation is 2. The van der Waals surface area contributed by atoms with E-state index < -0.39 is 5.82 Å². The number of rotatable bonds is 3. The highest BCUT2D eigenvalue weighted by molar-refractivity contribution is 5.41. The maximum absolute atomic E-state index is 13.7. The average molecular weight is 245 g/mol. The molecule has 0 heterocycles. The first-order valence-corrected chi connectivity index (χ1v) is 5.84. The predicted octanol–water partition coefficient (Wildman–Crippen LogP) is 3.69. The van der Waals surface area contributed by atoms with Crippen molar-refractivity contribution in [2.75, 3.05) is 0 Å². The first-order valence-electron chi connectivity index (χ1n) is 5.84. The number of hydrogen-bond acceptors (Lipinski definition) is 2. The molecule has 2 N–H and O–H groups in total. The molecule has 0 spiro atoms. The van der Waals surface area contributed by atoms with E-state index >= 15 is 0 Å². The summed E-state index contributed by atoms with van der Waals surface area (Å²) >= 11 is 0. The molecule has 94 valence electrons. The van der Waals surface area contributed by atoms with Gasteiger partial charge in [-0.05, 0) is 43.2 Å². The summed E-state index contributed by atoms with van der Waals surface area (Å²) in [6, 6.07) is 10.6. The summed E-state index contributed by atoms with van der Waals surface area (Å²) in [5.74, 6) is 0.453. The van der Waals surface area contributed by atoms with E-state index in [9.17, 15) is 4.39 Å². The van der Waals surface area contributed by atoms with Gasteiger partial charge in [-0.1, -0.05) is 18.2 Å². The van der Waals surface area contributed by atoms with E-state index in [1.807, 2.05) is 32.0 Å². The van der Waals surface area contributed by atoms with Gasteiger partial charge in [0.1, 0.15) is 5.75 Å². The van der Waals surface area contributed by atoms with Crippen LogP contribution >= 0.6 is 0 Å². The number of ether oxygens (including phenoxy) is 1. The molecular formula is C15H16FNO. The van der Waals surface area contributed by atoms with Crippen molar-refractivity contribution in [1.82, 2.24) is 0 Å². The third-order valence-electron chi connectivity index (χ3n) is 2.68. The van der Waals surface area contributed by atoms with Gasteiger partial charge >= 0.3 is 0 Å². The molecule has 0 aliphatic carbocycles. The molecular weight excluding hydrogens is 229 g/mol. The fourth-order valence-corrected chi connectivity index (χ4v) is 1.94. The van der Waals surface area contributed by atoms with Crippen molar-refractivity contribution in [3.8, 4) is 11.5 Å². The zero-order valence-electron chi connectivity index (χ0n) is 10.5. The van der Waals surface area contributed by atoms with Gasteiger partial charge < -0.3 is 10.5 Å². The van der Waals surface area contributed by atoms with Crippen LogP contribution in [0.2, 0.25) is 0 Å². The predicted molar refractivity (Wildman–Crippen MR) is 70.3 cm³/mol. The summed E-state index contributed by atoms with van der Waals surface area (Å²) in [7, 11) is 0. The van der Waals surface area contributed by atoms with Gasteiger partial charge in [0, 0.05) is 12.1 Å². The Morgan fingerprint density at radius 3 is 2.39 bits per heavy atom. The molecule has 2 nitrogen and oxygen atoms in total. The zero-order valence-corrected chi connectivity index (χ0v) is 10.5. The molecule has 0 atom stereocenters. The van der Waals surface area contributed by atoms with Crippen LogP contribution in [0.15, 0.2) is 36.4 Å². The average Bonchev–Trinajstić information content (AvgIpc) is 2.30. The number of benzene rings is 2. The number of halogens is 1. The smallest absolute Gasteiger partial charge is 0.167 e. The van der Waals surface area contributed by atoms with Gasteiger partial charge in [-0.3, -0.25) is 0 Å². The summed E-state index contributed by atoms with van der Waals surface area (Å²) in [6.07, 6.45) is 0. The molecule has 0 radical (unpaired) electrons. The summed E-state index contributed by atoms with van der Waals surface area (Å²) < 4.78 is 19.4. The minimum Gasteiger partial charge on any atom is -0.454 e. The maximum atomic E-state index is 13.7. The normalized spacial score (nSPS) is 10.4. The topological polar surface area (TPSA) is 35.2 Å². The minimum atomic E-state index is -0.392. The SMILES string of the molecule is Cc1cc(C)cc(Oc2c(F)cccc2CN)c1. The van der Waals surface area contributed by atoms with Gasteiger partial charge in [-0.15, -0.1) is 0 Å². The highest BCUT2D eigenvalue weighted by Crippen LogP contribution is 2.29. The van der Waals surface area contributed by atoms with Gasteiger partial charge in [0.15, 0.2) is 11.6 Å². The Kier molecular flexibility index (Phi) is 3.63. The fraction of sp³-hybridized carbons (Fsp3) is 0.200. The molecule has 18 heavy (non-hydrogen) atoms. The first-order chi connectivity index (χ1) is 8.60. The van der Waals surface area contributed by atoms with Gasteiger partial charge in [0.2, 0.25) is 0 Å². The van der Waals surface area contributed by atoms with Gasteiger partial charge in [0.25, 0.3) is 0 Å². The van der Waals surface area contributed by atoms with Crippen molar-refractivity contribution in [3.63, 3.8) is 0 Å². The summed E-state index contributed by atoms with van der Waals surface area (Å²) in [4.78, 5) is 0. The first kappa shape index (κ1) is 12.6. The molecule has 0 aliphatic rings. The largest absolute Gasteiger partial charge is 0.454 e. The minimum absolute atomic E-state index is 0.213. The van der Waals surface area contributed by atoms with Crippen molar-refractivity contribution in [3.05, 3.63) is 58.9 Å². The second kappa shape index (κ2) is 5.19. The molecule has 2 rings (SSSR count). The van der Waals surface area contributed by atoms with Crippen LogP contribution < -0.4 is 10.5 Å². The highest BCUT2D eigenvalue weighted by Gasteiger charge is 2.10. The number of nitrogens with two attached hydrogens (primary N) is 1. The lowest BCUT2D eigenvalue weighted by atomic mass is 10.1. The van der Waals surface area contributed by atoms with E-state index in [0.717, 1.165) is 11.1 Å². The molecule has 0 aliphatic heterocycles. The zero-order chi connectivity index (χ0) is 13.1. The van der Waals surface area contributed by atoms with Crippen molar-refractivity contribution in [2.24, 2.45) is 5.73 Å². The van der Waals surface area contributed by atoms with Gasteiger partial charge in [0.05, 0.1) is 0 Å². The fourth-order valence-electron chi connectivity index (χ4n) is 1.94. The van der Waals surface area contributed by atoms with Crippen LogP contribution in [0, 0.1) is 19.7 Å². The Morgan fingerprint density at radius 1 is 1.11 bits per heavy atom. The van der Waals surface area contributed by atoms with Crippen LogP contribution in [0.4, 0.5) is 4.39 Å². The molecule has 0 amide bonds. The standard InChI is InChI=1S/C15H16FNO/c1-10-6-11(2)8-13(7-10)18-15-12(9-17)4-3-5-14(15)16/h3-8H,9,17H2,1-2H3. The molecule has 0 unspecified atom stereocenters. The van der Waals surface area contributed by atoms with Crippen LogP contribution in [0.3, 0.4) is 0 Å². The summed E-state index contributed by atoms with van der Waals surface area (Å²) in [6.45, 7) is 4.20. The van der Waals surface area contributed by atoms with Crippen molar-refractivity contribution < 1.29 is 9.13 Å². The molecule has 0 aromatic heterocycles. The molecule has 0 bridgehead atoms. The van der Waals surface area contributed by atoms with Crippen LogP contribution in [0.1, 0.15) is 16.7 Å². The van der Waals surface area contributed by atoms with Gasteiger partial charge in [-0.2, -0.15) is 0 Å². The third-order valence-corrected chi connectivity index (χ3v) is 2.68. The maximum Gasteiger partial charge on any atom is 0.167 e. The Labute approximate surface area is 106 Å². The molecule has 0 saturated heterocycles. The number of hydrogen-bond donors (Lipinski definition) is 1. The van der Waals surface area contributed by atoms with Crippen LogP contribution in [-0.2, 0) is 6.54 Å². The Hall–Kier alpha value is -1.87. The van der Waals surface area contributed by atoms with Crippen molar-refractivity contribution in [1.29, 1.82) is 0 Å². The van der Waals surface area contributed by atoms with Gasteiger partial charge in [-0.25, -0.2) is 4.39 Å². The van der Waals surface area contributed by atoms with Crippen LogP contribution in [0.25, 0.3) is 0 Å².